The van der Waals surface area contributed by atoms with Crippen molar-refractivity contribution in [2.75, 3.05) is 11.9 Å². The third-order valence-corrected chi connectivity index (χ3v) is 2.14. The van der Waals surface area contributed by atoms with Crippen molar-refractivity contribution >= 4 is 11.6 Å². The Morgan fingerprint density at radius 3 is 3.00 bits per heavy atom. The Morgan fingerprint density at radius 2 is 2.31 bits per heavy atom. The van der Waals surface area contributed by atoms with E-state index >= 15 is 0 Å². The van der Waals surface area contributed by atoms with Crippen molar-refractivity contribution in [1.29, 1.82) is 0 Å². The normalized spacial score (nSPS) is 10.1. The SMILES string of the molecule is NCC(=O)Nc1cccc(-c2ccn[nH]2)c1. The van der Waals surface area contributed by atoms with Gasteiger partial charge in [-0.1, -0.05) is 12.1 Å². The number of carbonyl (C=O) groups is 1. The summed E-state index contributed by atoms with van der Waals surface area (Å²) in [5.74, 6) is -0.207. The lowest BCUT2D eigenvalue weighted by Crippen LogP contribution is -2.21. The van der Waals surface area contributed by atoms with Gasteiger partial charge in [0.05, 0.1) is 12.2 Å². The van der Waals surface area contributed by atoms with Gasteiger partial charge in [0.25, 0.3) is 0 Å². The molecule has 1 aromatic carbocycles. The molecular weight excluding hydrogens is 204 g/mol. The van der Waals surface area contributed by atoms with Crippen molar-refractivity contribution in [3.63, 3.8) is 0 Å². The van der Waals surface area contributed by atoms with Gasteiger partial charge in [0.15, 0.2) is 0 Å². The minimum absolute atomic E-state index is 0.0196. The van der Waals surface area contributed by atoms with E-state index in [9.17, 15) is 4.79 Å². The quantitative estimate of drug-likeness (QED) is 0.714. The number of aromatic amines is 1. The Balaban J connectivity index is 2.23. The van der Waals surface area contributed by atoms with Crippen LogP contribution in [0.3, 0.4) is 0 Å². The summed E-state index contributed by atoms with van der Waals surface area (Å²) in [4.78, 5) is 11.1. The number of anilines is 1. The molecule has 5 nitrogen and oxygen atoms in total. The van der Waals surface area contributed by atoms with Crippen LogP contribution in [0.1, 0.15) is 0 Å². The number of amides is 1. The highest BCUT2D eigenvalue weighted by Crippen LogP contribution is 2.19. The highest BCUT2D eigenvalue weighted by molar-refractivity contribution is 5.92. The number of benzene rings is 1. The van der Waals surface area contributed by atoms with Crippen LogP contribution in [0.4, 0.5) is 5.69 Å². The summed E-state index contributed by atoms with van der Waals surface area (Å²) in [6.07, 6.45) is 1.68. The van der Waals surface area contributed by atoms with Crippen molar-refractivity contribution in [3.8, 4) is 11.3 Å². The molecule has 1 amide bonds. The standard InChI is InChI=1S/C11H12N4O/c12-7-11(16)14-9-3-1-2-8(6-9)10-4-5-13-15-10/h1-6H,7,12H2,(H,13,15)(H,14,16). The van der Waals surface area contributed by atoms with E-state index < -0.39 is 0 Å². The van der Waals surface area contributed by atoms with Gasteiger partial charge in [0, 0.05) is 17.4 Å². The van der Waals surface area contributed by atoms with Crippen LogP contribution in [0.2, 0.25) is 0 Å². The first-order valence-electron chi connectivity index (χ1n) is 4.89. The number of nitrogens with one attached hydrogen (secondary N) is 2. The van der Waals surface area contributed by atoms with Crippen molar-refractivity contribution in [3.05, 3.63) is 36.5 Å². The first-order chi connectivity index (χ1) is 7.79. The molecule has 0 aliphatic carbocycles. The summed E-state index contributed by atoms with van der Waals surface area (Å²) in [6, 6.07) is 9.34. The highest BCUT2D eigenvalue weighted by atomic mass is 16.1. The molecule has 0 atom stereocenters. The van der Waals surface area contributed by atoms with Crippen LogP contribution in [0.25, 0.3) is 11.3 Å². The minimum Gasteiger partial charge on any atom is -0.325 e. The highest BCUT2D eigenvalue weighted by Gasteiger charge is 2.02. The lowest BCUT2D eigenvalue weighted by atomic mass is 10.1. The summed E-state index contributed by atoms with van der Waals surface area (Å²) in [5.41, 5.74) is 7.82. The molecular formula is C11H12N4O. The van der Waals surface area contributed by atoms with Crippen LogP contribution in [0.5, 0.6) is 0 Å². The van der Waals surface area contributed by atoms with E-state index in [1.165, 1.54) is 0 Å². The fraction of sp³-hybridized carbons (Fsp3) is 0.0909. The van der Waals surface area contributed by atoms with E-state index in [0.717, 1.165) is 16.9 Å². The first kappa shape index (κ1) is 10.4. The van der Waals surface area contributed by atoms with E-state index in [0.29, 0.717) is 0 Å². The van der Waals surface area contributed by atoms with E-state index in [1.54, 1.807) is 6.20 Å². The average molecular weight is 216 g/mol. The predicted octanol–water partition coefficient (Wildman–Crippen LogP) is 0.974. The molecule has 5 heteroatoms. The van der Waals surface area contributed by atoms with Crippen molar-refractivity contribution in [2.45, 2.75) is 0 Å². The molecule has 0 spiro atoms. The third kappa shape index (κ3) is 2.26. The predicted molar refractivity (Wildman–Crippen MR) is 61.7 cm³/mol. The van der Waals surface area contributed by atoms with E-state index in [1.807, 2.05) is 30.3 Å². The Labute approximate surface area is 92.7 Å². The zero-order chi connectivity index (χ0) is 11.4. The van der Waals surface area contributed by atoms with E-state index in [-0.39, 0.29) is 12.5 Å². The van der Waals surface area contributed by atoms with Crippen molar-refractivity contribution in [2.24, 2.45) is 5.73 Å². The fourth-order valence-corrected chi connectivity index (χ4v) is 1.39. The van der Waals surface area contributed by atoms with Crippen LogP contribution >= 0.6 is 0 Å². The number of hydrogen-bond donors (Lipinski definition) is 3. The summed E-state index contributed by atoms with van der Waals surface area (Å²) in [6.45, 7) is -0.0196. The van der Waals surface area contributed by atoms with Gasteiger partial charge in [-0.3, -0.25) is 9.89 Å². The third-order valence-electron chi connectivity index (χ3n) is 2.14. The molecule has 0 saturated carbocycles. The van der Waals surface area contributed by atoms with Gasteiger partial charge in [-0.15, -0.1) is 0 Å². The number of hydrogen-bond acceptors (Lipinski definition) is 3. The average Bonchev–Trinajstić information content (AvgIpc) is 2.83. The lowest BCUT2D eigenvalue weighted by molar-refractivity contribution is -0.114. The maximum Gasteiger partial charge on any atom is 0.238 e. The summed E-state index contributed by atoms with van der Waals surface area (Å²) in [5, 5.41) is 9.43. The Bertz CT molecular complexity index is 478. The second-order valence-corrected chi connectivity index (χ2v) is 3.30. The van der Waals surface area contributed by atoms with Crippen molar-refractivity contribution in [1.82, 2.24) is 10.2 Å². The number of aromatic nitrogens is 2. The van der Waals surface area contributed by atoms with Gasteiger partial charge in [-0.25, -0.2) is 0 Å². The zero-order valence-electron chi connectivity index (χ0n) is 8.60. The molecule has 0 bridgehead atoms. The monoisotopic (exact) mass is 216 g/mol. The van der Waals surface area contributed by atoms with Gasteiger partial charge in [-0.05, 0) is 18.2 Å². The molecule has 0 aliphatic heterocycles. The number of nitrogens with zero attached hydrogens (tertiary/aromatic N) is 1. The Kier molecular flexibility index (Phi) is 2.98. The Hall–Kier alpha value is -2.14. The molecule has 2 rings (SSSR count). The van der Waals surface area contributed by atoms with Gasteiger partial charge in [0.1, 0.15) is 0 Å². The number of H-pyrrole nitrogens is 1. The Morgan fingerprint density at radius 1 is 1.44 bits per heavy atom. The minimum atomic E-state index is -0.207. The van der Waals surface area contributed by atoms with Gasteiger partial charge in [0.2, 0.25) is 5.91 Å². The van der Waals surface area contributed by atoms with E-state index in [2.05, 4.69) is 15.5 Å². The molecule has 4 N–H and O–H groups in total. The van der Waals surface area contributed by atoms with Crippen LogP contribution < -0.4 is 11.1 Å². The molecule has 0 aliphatic rings. The summed E-state index contributed by atoms with van der Waals surface area (Å²) in [7, 11) is 0. The molecule has 0 unspecified atom stereocenters. The maximum atomic E-state index is 11.1. The van der Waals surface area contributed by atoms with Crippen LogP contribution in [-0.4, -0.2) is 22.6 Å². The number of carbonyl (C=O) groups excluding carboxylic acids is 1. The molecule has 1 heterocycles. The summed E-state index contributed by atoms with van der Waals surface area (Å²) >= 11 is 0. The lowest BCUT2D eigenvalue weighted by Gasteiger charge is -2.05. The molecule has 0 radical (unpaired) electrons. The smallest absolute Gasteiger partial charge is 0.238 e. The summed E-state index contributed by atoms with van der Waals surface area (Å²) < 4.78 is 0. The number of nitrogens with two attached hydrogens (primary N) is 1. The second-order valence-electron chi connectivity index (χ2n) is 3.30. The van der Waals surface area contributed by atoms with Gasteiger partial charge in [-0.2, -0.15) is 5.10 Å². The molecule has 2 aromatic rings. The molecule has 1 aromatic heterocycles. The number of rotatable bonds is 3. The molecule has 82 valence electrons. The van der Waals surface area contributed by atoms with Crippen molar-refractivity contribution < 1.29 is 4.79 Å². The van der Waals surface area contributed by atoms with E-state index in [4.69, 9.17) is 5.73 Å². The van der Waals surface area contributed by atoms with Crippen LogP contribution in [-0.2, 0) is 4.79 Å². The van der Waals surface area contributed by atoms with Gasteiger partial charge >= 0.3 is 0 Å². The maximum absolute atomic E-state index is 11.1. The van der Waals surface area contributed by atoms with Gasteiger partial charge < -0.3 is 11.1 Å². The molecule has 16 heavy (non-hydrogen) atoms. The zero-order valence-corrected chi connectivity index (χ0v) is 8.60. The van der Waals surface area contributed by atoms with Crippen LogP contribution in [0.15, 0.2) is 36.5 Å². The molecule has 0 saturated heterocycles. The van der Waals surface area contributed by atoms with Crippen LogP contribution in [0, 0.1) is 0 Å². The second kappa shape index (κ2) is 4.59. The largest absolute Gasteiger partial charge is 0.325 e. The fourth-order valence-electron chi connectivity index (χ4n) is 1.39. The molecule has 0 fully saturated rings. The topological polar surface area (TPSA) is 83.8 Å². The first-order valence-corrected chi connectivity index (χ1v) is 4.89.